The lowest BCUT2D eigenvalue weighted by Gasteiger charge is -2.20. The van der Waals surface area contributed by atoms with E-state index in [1.807, 2.05) is 41.8 Å². The minimum Gasteiger partial charge on any atom is -0.467 e. The first-order chi connectivity index (χ1) is 13.5. The number of aliphatic hydroxyl groups excluding tert-OH is 1. The zero-order chi connectivity index (χ0) is 20.1. The van der Waals surface area contributed by atoms with Crippen LogP contribution < -0.4 is 5.32 Å². The molecule has 0 spiro atoms. The molecule has 8 heteroatoms. The van der Waals surface area contributed by atoms with Gasteiger partial charge in [0.2, 0.25) is 5.91 Å². The summed E-state index contributed by atoms with van der Waals surface area (Å²) in [7, 11) is 1.25. The first kappa shape index (κ1) is 20.0. The SMILES string of the molecule is COC(=O)C(Cc1cccs1)NC(=O)C[C@@H](O)C(=O)N1Cc2ccccc2C1. The third-order valence-electron chi connectivity index (χ3n) is 4.62. The number of ether oxygens (including phenoxy) is 1. The lowest BCUT2D eigenvalue weighted by atomic mass is 10.1. The summed E-state index contributed by atoms with van der Waals surface area (Å²) >= 11 is 1.47. The van der Waals surface area contributed by atoms with Crippen LogP contribution in [0.4, 0.5) is 0 Å². The van der Waals surface area contributed by atoms with E-state index in [0.29, 0.717) is 19.5 Å². The third kappa shape index (κ3) is 4.76. The second-order valence-corrected chi connectivity index (χ2v) is 7.64. The monoisotopic (exact) mass is 402 g/mol. The fourth-order valence-electron chi connectivity index (χ4n) is 3.18. The van der Waals surface area contributed by atoms with Crippen molar-refractivity contribution < 1.29 is 24.2 Å². The number of esters is 1. The third-order valence-corrected chi connectivity index (χ3v) is 5.52. The number of fused-ring (bicyclic) bond motifs is 1. The van der Waals surface area contributed by atoms with Crippen LogP contribution >= 0.6 is 11.3 Å². The van der Waals surface area contributed by atoms with Gasteiger partial charge in [0.1, 0.15) is 12.1 Å². The Labute approximate surface area is 166 Å². The highest BCUT2D eigenvalue weighted by atomic mass is 32.1. The summed E-state index contributed by atoms with van der Waals surface area (Å²) in [5.41, 5.74) is 2.07. The number of benzene rings is 1. The van der Waals surface area contributed by atoms with Gasteiger partial charge in [0.15, 0.2) is 0 Å². The molecule has 0 aliphatic carbocycles. The highest BCUT2D eigenvalue weighted by molar-refractivity contribution is 7.09. The Morgan fingerprint density at radius 3 is 2.43 bits per heavy atom. The van der Waals surface area contributed by atoms with Gasteiger partial charge in [-0.15, -0.1) is 11.3 Å². The fraction of sp³-hybridized carbons (Fsp3) is 0.350. The smallest absolute Gasteiger partial charge is 0.328 e. The van der Waals surface area contributed by atoms with Gasteiger partial charge in [0.25, 0.3) is 5.91 Å². The highest BCUT2D eigenvalue weighted by Crippen LogP contribution is 2.23. The Morgan fingerprint density at radius 1 is 1.18 bits per heavy atom. The average molecular weight is 402 g/mol. The molecular weight excluding hydrogens is 380 g/mol. The highest BCUT2D eigenvalue weighted by Gasteiger charge is 2.30. The van der Waals surface area contributed by atoms with Crippen molar-refractivity contribution in [3.05, 3.63) is 57.8 Å². The van der Waals surface area contributed by atoms with Crippen LogP contribution in [0.15, 0.2) is 41.8 Å². The molecule has 0 fully saturated rings. The lowest BCUT2D eigenvalue weighted by Crippen LogP contribution is -2.45. The largest absolute Gasteiger partial charge is 0.467 e. The van der Waals surface area contributed by atoms with Crippen molar-refractivity contribution in [3.63, 3.8) is 0 Å². The molecule has 2 heterocycles. The second kappa shape index (κ2) is 8.99. The van der Waals surface area contributed by atoms with Gasteiger partial charge in [0, 0.05) is 24.4 Å². The van der Waals surface area contributed by atoms with Crippen molar-refractivity contribution in [3.8, 4) is 0 Å². The Hall–Kier alpha value is -2.71. The Balaban J connectivity index is 1.55. The van der Waals surface area contributed by atoms with Crippen molar-refractivity contribution in [2.45, 2.75) is 38.1 Å². The van der Waals surface area contributed by atoms with E-state index in [2.05, 4.69) is 5.32 Å². The van der Waals surface area contributed by atoms with Crippen LogP contribution in [0.1, 0.15) is 22.4 Å². The first-order valence-electron chi connectivity index (χ1n) is 8.91. The molecule has 2 amide bonds. The van der Waals surface area contributed by atoms with Crippen molar-refractivity contribution in [1.82, 2.24) is 10.2 Å². The molecule has 1 aromatic heterocycles. The van der Waals surface area contributed by atoms with Gasteiger partial charge in [-0.1, -0.05) is 30.3 Å². The molecule has 2 N–H and O–H groups in total. The van der Waals surface area contributed by atoms with Gasteiger partial charge in [-0.3, -0.25) is 9.59 Å². The van der Waals surface area contributed by atoms with Crippen molar-refractivity contribution in [2.24, 2.45) is 0 Å². The summed E-state index contributed by atoms with van der Waals surface area (Å²) in [6, 6.07) is 10.5. The van der Waals surface area contributed by atoms with Gasteiger partial charge in [-0.2, -0.15) is 0 Å². The topological polar surface area (TPSA) is 95.9 Å². The van der Waals surface area contributed by atoms with Gasteiger partial charge in [0.05, 0.1) is 13.5 Å². The maximum atomic E-state index is 12.5. The van der Waals surface area contributed by atoms with E-state index in [9.17, 15) is 19.5 Å². The number of carbonyl (C=O) groups excluding carboxylic acids is 3. The standard InChI is InChI=1S/C20H22N2O5S/c1-27-20(26)16(9-15-7-4-8-28-15)21-18(24)10-17(23)19(25)22-11-13-5-2-3-6-14(13)12-22/h2-8,16-17,23H,9-12H2,1H3,(H,21,24)/t16?,17-/m1/s1. The molecule has 0 bridgehead atoms. The molecule has 0 radical (unpaired) electrons. The van der Waals surface area contributed by atoms with Crippen molar-refractivity contribution in [1.29, 1.82) is 0 Å². The average Bonchev–Trinajstić information content (AvgIpc) is 3.35. The number of thiophene rings is 1. The maximum absolute atomic E-state index is 12.5. The molecule has 0 saturated heterocycles. The first-order valence-corrected chi connectivity index (χ1v) is 9.79. The van der Waals surface area contributed by atoms with E-state index < -0.39 is 36.4 Å². The van der Waals surface area contributed by atoms with Crippen molar-refractivity contribution >= 4 is 29.1 Å². The van der Waals surface area contributed by atoms with Crippen LogP contribution in [0.3, 0.4) is 0 Å². The number of aliphatic hydroxyl groups is 1. The minimum absolute atomic E-state index is 0.293. The number of amides is 2. The number of methoxy groups -OCH3 is 1. The summed E-state index contributed by atoms with van der Waals surface area (Å²) in [6.07, 6.45) is -1.58. The van der Waals surface area contributed by atoms with Gasteiger partial charge in [-0.25, -0.2) is 4.79 Å². The zero-order valence-electron chi connectivity index (χ0n) is 15.5. The van der Waals surface area contributed by atoms with Crippen LogP contribution in [0, 0.1) is 0 Å². The van der Waals surface area contributed by atoms with E-state index in [0.717, 1.165) is 16.0 Å². The molecule has 7 nitrogen and oxygen atoms in total. The Bertz CT molecular complexity index is 827. The number of rotatable bonds is 7. The second-order valence-electron chi connectivity index (χ2n) is 6.61. The summed E-state index contributed by atoms with van der Waals surface area (Å²) in [6.45, 7) is 0.827. The molecule has 1 unspecified atom stereocenters. The normalized spacial score (nSPS) is 14.9. The van der Waals surface area contributed by atoms with E-state index >= 15 is 0 Å². The summed E-state index contributed by atoms with van der Waals surface area (Å²) in [5, 5.41) is 14.7. The lowest BCUT2D eigenvalue weighted by molar-refractivity contribution is -0.146. The maximum Gasteiger partial charge on any atom is 0.328 e. The summed E-state index contributed by atoms with van der Waals surface area (Å²) in [4.78, 5) is 39.2. The summed E-state index contributed by atoms with van der Waals surface area (Å²) < 4.78 is 4.74. The predicted molar refractivity (Wildman–Crippen MR) is 103 cm³/mol. The van der Waals surface area contributed by atoms with Gasteiger partial charge < -0.3 is 20.1 Å². The molecule has 1 aliphatic heterocycles. The molecule has 28 heavy (non-hydrogen) atoms. The number of nitrogens with one attached hydrogen (secondary N) is 1. The van der Waals surface area contributed by atoms with E-state index in [4.69, 9.17) is 4.74 Å². The van der Waals surface area contributed by atoms with Gasteiger partial charge in [-0.05, 0) is 22.6 Å². The minimum atomic E-state index is -1.46. The molecule has 0 saturated carbocycles. The van der Waals surface area contributed by atoms with Crippen LogP contribution in [0.5, 0.6) is 0 Å². The predicted octanol–water partition coefficient (Wildman–Crippen LogP) is 1.24. The number of hydrogen-bond acceptors (Lipinski definition) is 6. The van der Waals surface area contributed by atoms with Crippen LogP contribution in [0.25, 0.3) is 0 Å². The van der Waals surface area contributed by atoms with E-state index in [-0.39, 0.29) is 0 Å². The quantitative estimate of drug-likeness (QED) is 0.680. The fourth-order valence-corrected chi connectivity index (χ4v) is 3.93. The number of hydrogen-bond donors (Lipinski definition) is 2. The molecule has 2 atom stereocenters. The number of nitrogens with zero attached hydrogens (tertiary/aromatic N) is 1. The Morgan fingerprint density at radius 2 is 1.86 bits per heavy atom. The van der Waals surface area contributed by atoms with Gasteiger partial charge >= 0.3 is 5.97 Å². The van der Waals surface area contributed by atoms with E-state index in [1.165, 1.54) is 23.3 Å². The van der Waals surface area contributed by atoms with Crippen molar-refractivity contribution in [2.75, 3.05) is 7.11 Å². The van der Waals surface area contributed by atoms with E-state index in [1.54, 1.807) is 0 Å². The summed E-state index contributed by atoms with van der Waals surface area (Å²) in [5.74, 6) is -1.65. The zero-order valence-corrected chi connectivity index (χ0v) is 16.3. The molecule has 1 aliphatic rings. The Kier molecular flexibility index (Phi) is 6.43. The molecule has 148 valence electrons. The molecule has 3 rings (SSSR count). The molecular formula is C20H22N2O5S. The molecule has 1 aromatic carbocycles. The van der Waals surface area contributed by atoms with Crippen LogP contribution in [-0.4, -0.2) is 47.0 Å². The molecule has 2 aromatic rings. The number of carbonyl (C=O) groups is 3. The van der Waals surface area contributed by atoms with Crippen LogP contribution in [-0.2, 0) is 38.6 Å². The van der Waals surface area contributed by atoms with Crippen LogP contribution in [0.2, 0.25) is 0 Å².